The van der Waals surface area contributed by atoms with Gasteiger partial charge >= 0.3 is 0 Å². The molecule has 0 atom stereocenters. The molecule has 2 aromatic rings. The monoisotopic (exact) mass is 273 g/mol. The smallest absolute Gasteiger partial charge is 0.201 e. The molecular weight excluding hydrogens is 258 g/mol. The minimum Gasteiger partial charge on any atom is -0.508 e. The molecule has 0 radical (unpaired) electrons. The van der Waals surface area contributed by atoms with E-state index in [4.69, 9.17) is 9.47 Å². The summed E-state index contributed by atoms with van der Waals surface area (Å²) in [5.41, 5.74) is 1.30. The van der Waals surface area contributed by atoms with Crippen molar-refractivity contribution in [2.45, 2.75) is 0 Å². The molecule has 0 bridgehead atoms. The van der Waals surface area contributed by atoms with Crippen LogP contribution in [0.15, 0.2) is 41.4 Å². The maximum Gasteiger partial charge on any atom is 0.201 e. The zero-order chi connectivity index (χ0) is 14.5. The molecule has 0 spiro atoms. The molecule has 0 aliphatic heterocycles. The van der Waals surface area contributed by atoms with Gasteiger partial charge in [-0.25, -0.2) is 0 Å². The van der Waals surface area contributed by atoms with Gasteiger partial charge in [0.2, 0.25) is 5.75 Å². The predicted octanol–water partition coefficient (Wildman–Crippen LogP) is 2.87. The van der Waals surface area contributed by atoms with Crippen LogP contribution in [0.2, 0.25) is 0 Å². The highest BCUT2D eigenvalue weighted by Gasteiger charge is 2.12. The van der Waals surface area contributed by atoms with Crippen LogP contribution in [-0.2, 0) is 0 Å². The Bertz CT molecular complexity index is 621. The maximum absolute atomic E-state index is 9.96. The first-order chi connectivity index (χ1) is 9.65. The number of ether oxygens (including phenoxy) is 2. The van der Waals surface area contributed by atoms with Crippen LogP contribution in [0.25, 0.3) is 0 Å². The lowest BCUT2D eigenvalue weighted by Gasteiger charge is -2.10. The first-order valence-corrected chi connectivity index (χ1v) is 5.92. The number of rotatable bonds is 4. The van der Waals surface area contributed by atoms with Crippen molar-refractivity contribution in [3.63, 3.8) is 0 Å². The van der Waals surface area contributed by atoms with Gasteiger partial charge < -0.3 is 19.7 Å². The quantitative estimate of drug-likeness (QED) is 0.840. The minimum atomic E-state index is -0.0651. The fourth-order valence-corrected chi connectivity index (χ4v) is 1.73. The normalized spacial score (nSPS) is 10.7. The molecule has 0 unspecified atom stereocenters. The molecular formula is C15H15NO4. The van der Waals surface area contributed by atoms with E-state index in [2.05, 4.69) is 4.99 Å². The van der Waals surface area contributed by atoms with Crippen molar-refractivity contribution in [2.75, 3.05) is 14.2 Å². The van der Waals surface area contributed by atoms with E-state index in [1.807, 2.05) is 0 Å². The minimum absolute atomic E-state index is 0.0651. The van der Waals surface area contributed by atoms with Crippen molar-refractivity contribution in [1.82, 2.24) is 0 Å². The van der Waals surface area contributed by atoms with Crippen molar-refractivity contribution in [3.8, 4) is 23.0 Å². The van der Waals surface area contributed by atoms with Gasteiger partial charge in [-0.15, -0.1) is 0 Å². The second-order valence-corrected chi connectivity index (χ2v) is 4.01. The average molecular weight is 273 g/mol. The van der Waals surface area contributed by atoms with Gasteiger partial charge in [0.15, 0.2) is 11.5 Å². The molecule has 0 saturated heterocycles. The molecule has 2 aromatic carbocycles. The van der Waals surface area contributed by atoms with Crippen LogP contribution in [-0.4, -0.2) is 30.6 Å². The predicted molar refractivity (Wildman–Crippen MR) is 76.6 cm³/mol. The topological polar surface area (TPSA) is 71.3 Å². The number of hydrogen-bond donors (Lipinski definition) is 2. The Hall–Kier alpha value is -2.69. The van der Waals surface area contributed by atoms with Gasteiger partial charge in [-0.3, -0.25) is 4.99 Å². The van der Waals surface area contributed by atoms with E-state index >= 15 is 0 Å². The fourth-order valence-electron chi connectivity index (χ4n) is 1.73. The number of phenolic OH excluding ortho intramolecular Hbond substituents is 2. The van der Waals surface area contributed by atoms with E-state index < -0.39 is 0 Å². The lowest BCUT2D eigenvalue weighted by Crippen LogP contribution is -1.94. The highest BCUT2D eigenvalue weighted by molar-refractivity contribution is 5.87. The van der Waals surface area contributed by atoms with Crippen molar-refractivity contribution >= 4 is 11.9 Å². The highest BCUT2D eigenvalue weighted by atomic mass is 16.5. The lowest BCUT2D eigenvalue weighted by molar-refractivity contribution is 0.339. The Morgan fingerprint density at radius 2 is 1.65 bits per heavy atom. The van der Waals surface area contributed by atoms with E-state index in [1.165, 1.54) is 14.2 Å². The van der Waals surface area contributed by atoms with Crippen molar-refractivity contribution in [2.24, 2.45) is 4.99 Å². The zero-order valence-corrected chi connectivity index (χ0v) is 11.2. The van der Waals surface area contributed by atoms with Gasteiger partial charge in [-0.05, 0) is 36.4 Å². The Morgan fingerprint density at radius 1 is 0.950 bits per heavy atom. The molecule has 5 nitrogen and oxygen atoms in total. The summed E-state index contributed by atoms with van der Waals surface area (Å²) < 4.78 is 10.2. The summed E-state index contributed by atoms with van der Waals surface area (Å²) >= 11 is 0. The van der Waals surface area contributed by atoms with Crippen LogP contribution in [0, 0.1) is 0 Å². The molecule has 0 amide bonds. The third kappa shape index (κ3) is 2.83. The second-order valence-electron chi connectivity index (χ2n) is 4.01. The number of aromatic hydroxyl groups is 2. The van der Waals surface area contributed by atoms with Gasteiger partial charge in [0.1, 0.15) is 5.75 Å². The standard InChI is InChI=1S/C15H15NO4/c1-19-13-8-3-10(15(20-2)14(13)18)9-16-11-4-6-12(17)7-5-11/h3-9,17-18H,1-2H3. The van der Waals surface area contributed by atoms with Gasteiger partial charge in [-0.1, -0.05) is 0 Å². The number of phenols is 2. The summed E-state index contributed by atoms with van der Waals surface area (Å²) in [7, 11) is 2.94. The maximum atomic E-state index is 9.96. The fraction of sp³-hybridized carbons (Fsp3) is 0.133. The molecule has 20 heavy (non-hydrogen) atoms. The summed E-state index contributed by atoms with van der Waals surface area (Å²) in [6.45, 7) is 0. The summed E-state index contributed by atoms with van der Waals surface area (Å²) in [6.07, 6.45) is 1.57. The molecule has 0 saturated carbocycles. The van der Waals surface area contributed by atoms with Gasteiger partial charge in [-0.2, -0.15) is 0 Å². The van der Waals surface area contributed by atoms with Crippen molar-refractivity contribution in [1.29, 1.82) is 0 Å². The third-order valence-corrected chi connectivity index (χ3v) is 2.75. The number of hydrogen-bond acceptors (Lipinski definition) is 5. The van der Waals surface area contributed by atoms with Crippen LogP contribution in [0.5, 0.6) is 23.0 Å². The van der Waals surface area contributed by atoms with E-state index in [9.17, 15) is 10.2 Å². The summed E-state index contributed by atoms with van der Waals surface area (Å²) in [5, 5.41) is 19.2. The molecule has 0 fully saturated rings. The van der Waals surface area contributed by atoms with Crippen molar-refractivity contribution in [3.05, 3.63) is 42.0 Å². The Balaban J connectivity index is 2.33. The van der Waals surface area contributed by atoms with Crippen LogP contribution < -0.4 is 9.47 Å². The van der Waals surface area contributed by atoms with Gasteiger partial charge in [0.05, 0.1) is 19.9 Å². The molecule has 0 aliphatic carbocycles. The van der Waals surface area contributed by atoms with E-state index in [1.54, 1.807) is 42.6 Å². The second kappa shape index (κ2) is 5.97. The first kappa shape index (κ1) is 13.7. The average Bonchev–Trinajstić information content (AvgIpc) is 2.47. The molecule has 0 aromatic heterocycles. The SMILES string of the molecule is COc1ccc(C=Nc2ccc(O)cc2)c(OC)c1O. The van der Waals surface area contributed by atoms with E-state index in [0.29, 0.717) is 22.7 Å². The van der Waals surface area contributed by atoms with E-state index in [-0.39, 0.29) is 11.5 Å². The van der Waals surface area contributed by atoms with Crippen LogP contribution >= 0.6 is 0 Å². The van der Waals surface area contributed by atoms with E-state index in [0.717, 1.165) is 0 Å². The third-order valence-electron chi connectivity index (χ3n) is 2.75. The van der Waals surface area contributed by atoms with Gasteiger partial charge in [0, 0.05) is 11.8 Å². The van der Waals surface area contributed by atoms with Crippen LogP contribution in [0.3, 0.4) is 0 Å². The van der Waals surface area contributed by atoms with Crippen molar-refractivity contribution < 1.29 is 19.7 Å². The lowest BCUT2D eigenvalue weighted by atomic mass is 10.2. The zero-order valence-electron chi connectivity index (χ0n) is 11.2. The van der Waals surface area contributed by atoms with Crippen LogP contribution in [0.1, 0.15) is 5.56 Å². The number of nitrogens with zero attached hydrogens (tertiary/aromatic N) is 1. The summed E-state index contributed by atoms with van der Waals surface area (Å²) in [5.74, 6) is 0.754. The Kier molecular flexibility index (Phi) is 4.10. The Morgan fingerprint density at radius 3 is 2.25 bits per heavy atom. The Labute approximate surface area is 116 Å². The number of methoxy groups -OCH3 is 2. The molecule has 0 aliphatic rings. The molecule has 2 rings (SSSR count). The molecule has 5 heteroatoms. The molecule has 2 N–H and O–H groups in total. The van der Waals surface area contributed by atoms with Gasteiger partial charge in [0.25, 0.3) is 0 Å². The number of benzene rings is 2. The molecule has 0 heterocycles. The summed E-state index contributed by atoms with van der Waals surface area (Å²) in [6, 6.07) is 9.84. The highest BCUT2D eigenvalue weighted by Crippen LogP contribution is 2.38. The largest absolute Gasteiger partial charge is 0.508 e. The summed E-state index contributed by atoms with van der Waals surface area (Å²) in [4.78, 5) is 4.25. The molecule has 104 valence electrons. The first-order valence-electron chi connectivity index (χ1n) is 5.92. The van der Waals surface area contributed by atoms with Crippen LogP contribution in [0.4, 0.5) is 5.69 Å². The number of aliphatic imine (C=N–C) groups is 1.